The minimum absolute atomic E-state index is 0.229. The number of amides is 1. The van der Waals surface area contributed by atoms with Gasteiger partial charge in [0.2, 0.25) is 0 Å². The molecule has 2 saturated carbocycles. The van der Waals surface area contributed by atoms with Gasteiger partial charge in [-0.05, 0) is 30.0 Å². The summed E-state index contributed by atoms with van der Waals surface area (Å²) in [5.41, 5.74) is 3.46. The van der Waals surface area contributed by atoms with E-state index >= 15 is 0 Å². The maximum absolute atomic E-state index is 13.4. The number of carbonyl (C=O) groups is 1. The highest BCUT2D eigenvalue weighted by Crippen LogP contribution is 2.41. The number of nitrogens with zero attached hydrogens (tertiary/aromatic N) is 2. The molecule has 2 aliphatic carbocycles. The van der Waals surface area contributed by atoms with Crippen LogP contribution in [0, 0.1) is 5.92 Å². The molecule has 3 aromatic rings. The number of benzene rings is 1. The van der Waals surface area contributed by atoms with Gasteiger partial charge in [-0.2, -0.15) is 5.10 Å². The van der Waals surface area contributed by atoms with Crippen LogP contribution in [0.1, 0.15) is 42.5 Å². The molecule has 2 heterocycles. The molecule has 0 unspecified atom stereocenters. The zero-order valence-corrected chi connectivity index (χ0v) is 16.4. The summed E-state index contributed by atoms with van der Waals surface area (Å²) in [6, 6.07) is 5.35. The molecule has 1 amide bonds. The fraction of sp³-hybridized carbons (Fsp3) is 0.409. The Labute approximate surface area is 172 Å². The van der Waals surface area contributed by atoms with Crippen molar-refractivity contribution in [2.45, 2.75) is 44.1 Å². The highest BCUT2D eigenvalue weighted by atomic mass is 19.3. The van der Waals surface area contributed by atoms with E-state index in [2.05, 4.69) is 25.8 Å². The molecule has 0 radical (unpaired) electrons. The van der Waals surface area contributed by atoms with Gasteiger partial charge in [-0.3, -0.25) is 14.9 Å². The first kappa shape index (κ1) is 19.0. The van der Waals surface area contributed by atoms with E-state index < -0.39 is 5.92 Å². The second-order valence-corrected chi connectivity index (χ2v) is 8.36. The maximum atomic E-state index is 13.4. The van der Waals surface area contributed by atoms with Gasteiger partial charge in [-0.1, -0.05) is 18.9 Å². The molecule has 0 aliphatic heterocycles. The monoisotopic (exact) mass is 411 g/mol. The molecule has 0 spiro atoms. The second kappa shape index (κ2) is 7.34. The summed E-state index contributed by atoms with van der Waals surface area (Å²) in [4.78, 5) is 17.3. The summed E-state index contributed by atoms with van der Waals surface area (Å²) >= 11 is 0. The molecular weight excluding hydrogens is 388 g/mol. The van der Waals surface area contributed by atoms with Crippen molar-refractivity contribution in [3.8, 4) is 11.1 Å². The number of nitrogens with one attached hydrogen (secondary N) is 3. The van der Waals surface area contributed by atoms with Crippen LogP contribution >= 0.6 is 0 Å². The third-order valence-corrected chi connectivity index (χ3v) is 5.92. The van der Waals surface area contributed by atoms with Crippen molar-refractivity contribution >= 4 is 22.5 Å². The van der Waals surface area contributed by atoms with E-state index in [0.717, 1.165) is 22.9 Å². The zero-order valence-electron chi connectivity index (χ0n) is 16.4. The number of aromatic nitrogens is 3. The van der Waals surface area contributed by atoms with Gasteiger partial charge >= 0.3 is 0 Å². The first-order valence-electron chi connectivity index (χ1n) is 10.3. The standard InChI is InChI=1S/C22H23F2N5O/c23-22(24)8-16(9-22)29-20-17-7-14(15-10-27-28-11-15)3-4-19(17)26-12-18(20)21(30)25-6-5-13-1-2-13/h3-4,7,10-13,16H,1-2,5-6,8-9H2,(H,25,30)(H,26,29)(H,27,28). The van der Waals surface area contributed by atoms with Crippen molar-refractivity contribution in [2.75, 3.05) is 11.9 Å². The van der Waals surface area contributed by atoms with Gasteiger partial charge in [-0.25, -0.2) is 8.78 Å². The summed E-state index contributed by atoms with van der Waals surface area (Å²) in [5, 5.41) is 13.7. The van der Waals surface area contributed by atoms with Crippen LogP contribution in [0.15, 0.2) is 36.8 Å². The van der Waals surface area contributed by atoms with Crippen LogP contribution in [-0.4, -0.2) is 39.6 Å². The fourth-order valence-electron chi connectivity index (χ4n) is 3.97. The Morgan fingerprint density at radius 2 is 2.03 bits per heavy atom. The zero-order chi connectivity index (χ0) is 20.7. The van der Waals surface area contributed by atoms with Crippen LogP contribution in [0.3, 0.4) is 0 Å². The summed E-state index contributed by atoms with van der Waals surface area (Å²) in [6.07, 6.45) is 7.98. The van der Waals surface area contributed by atoms with Crippen LogP contribution < -0.4 is 10.6 Å². The number of carbonyl (C=O) groups excluding carboxylic acids is 1. The normalized spacial score (nSPS) is 18.2. The lowest BCUT2D eigenvalue weighted by molar-refractivity contribution is -0.0793. The Kier molecular flexibility index (Phi) is 4.64. The van der Waals surface area contributed by atoms with E-state index in [1.807, 2.05) is 18.2 Å². The van der Waals surface area contributed by atoms with Crippen LogP contribution in [0.5, 0.6) is 0 Å². The minimum atomic E-state index is -2.64. The average molecular weight is 411 g/mol. The Morgan fingerprint density at radius 1 is 1.20 bits per heavy atom. The molecule has 2 aromatic heterocycles. The molecule has 156 valence electrons. The molecule has 5 rings (SSSR count). The van der Waals surface area contributed by atoms with E-state index in [-0.39, 0.29) is 24.8 Å². The van der Waals surface area contributed by atoms with Crippen molar-refractivity contribution in [1.82, 2.24) is 20.5 Å². The third kappa shape index (κ3) is 3.86. The van der Waals surface area contributed by atoms with Gasteiger partial charge < -0.3 is 10.6 Å². The van der Waals surface area contributed by atoms with Crippen LogP contribution in [0.2, 0.25) is 0 Å². The lowest BCUT2D eigenvalue weighted by Crippen LogP contribution is -2.44. The summed E-state index contributed by atoms with van der Waals surface area (Å²) in [6.45, 7) is 0.609. The molecule has 0 atom stereocenters. The van der Waals surface area contributed by atoms with Crippen molar-refractivity contribution < 1.29 is 13.6 Å². The molecule has 30 heavy (non-hydrogen) atoms. The lowest BCUT2D eigenvalue weighted by Gasteiger charge is -2.36. The number of alkyl halides is 2. The van der Waals surface area contributed by atoms with Crippen molar-refractivity contribution in [3.05, 3.63) is 42.4 Å². The largest absolute Gasteiger partial charge is 0.381 e. The van der Waals surface area contributed by atoms with Crippen molar-refractivity contribution in [3.63, 3.8) is 0 Å². The van der Waals surface area contributed by atoms with Gasteiger partial charge in [-0.15, -0.1) is 0 Å². The van der Waals surface area contributed by atoms with Gasteiger partial charge in [0, 0.05) is 48.8 Å². The average Bonchev–Trinajstić information content (AvgIpc) is 3.36. The predicted octanol–water partition coefficient (Wildman–Crippen LogP) is 4.36. The van der Waals surface area contributed by atoms with Gasteiger partial charge in [0.25, 0.3) is 11.8 Å². The van der Waals surface area contributed by atoms with Crippen LogP contribution in [-0.2, 0) is 0 Å². The number of hydrogen-bond donors (Lipinski definition) is 3. The van der Waals surface area contributed by atoms with Crippen molar-refractivity contribution in [1.29, 1.82) is 0 Å². The Balaban J connectivity index is 1.50. The quantitative estimate of drug-likeness (QED) is 0.539. The molecule has 8 heteroatoms. The van der Waals surface area contributed by atoms with E-state index in [4.69, 9.17) is 0 Å². The van der Waals surface area contributed by atoms with Crippen LogP contribution in [0.25, 0.3) is 22.0 Å². The molecule has 0 saturated heterocycles. The smallest absolute Gasteiger partial charge is 0.254 e. The Bertz CT molecular complexity index is 1070. The molecule has 3 N–H and O–H groups in total. The van der Waals surface area contributed by atoms with Crippen LogP contribution in [0.4, 0.5) is 14.5 Å². The fourth-order valence-corrected chi connectivity index (χ4v) is 3.97. The third-order valence-electron chi connectivity index (χ3n) is 5.92. The summed E-state index contributed by atoms with van der Waals surface area (Å²) in [7, 11) is 0. The Morgan fingerprint density at radius 3 is 2.73 bits per heavy atom. The SMILES string of the molecule is O=C(NCCC1CC1)c1cnc2ccc(-c3cn[nH]c3)cc2c1NC1CC(F)(F)C1. The number of fused-ring (bicyclic) bond motifs is 1. The number of anilines is 1. The number of aromatic amines is 1. The van der Waals surface area contributed by atoms with E-state index in [9.17, 15) is 13.6 Å². The van der Waals surface area contributed by atoms with E-state index in [1.54, 1.807) is 12.4 Å². The summed E-state index contributed by atoms with van der Waals surface area (Å²) in [5.74, 6) is -2.16. The number of halogens is 2. The van der Waals surface area contributed by atoms with Gasteiger partial charge in [0.05, 0.1) is 23.0 Å². The first-order valence-corrected chi connectivity index (χ1v) is 10.3. The number of pyridine rings is 1. The minimum Gasteiger partial charge on any atom is -0.381 e. The number of hydrogen-bond acceptors (Lipinski definition) is 4. The van der Waals surface area contributed by atoms with E-state index in [1.165, 1.54) is 19.0 Å². The number of H-pyrrole nitrogens is 1. The topological polar surface area (TPSA) is 82.7 Å². The molecule has 0 bridgehead atoms. The molecule has 6 nitrogen and oxygen atoms in total. The molecule has 2 fully saturated rings. The molecular formula is C22H23F2N5O. The Hall–Kier alpha value is -3.03. The molecule has 2 aliphatic rings. The number of rotatable bonds is 7. The maximum Gasteiger partial charge on any atom is 0.254 e. The highest BCUT2D eigenvalue weighted by molar-refractivity contribution is 6.07. The summed E-state index contributed by atoms with van der Waals surface area (Å²) < 4.78 is 26.8. The second-order valence-electron chi connectivity index (χ2n) is 8.36. The predicted molar refractivity (Wildman–Crippen MR) is 111 cm³/mol. The molecule has 1 aromatic carbocycles. The lowest BCUT2D eigenvalue weighted by atomic mass is 9.87. The van der Waals surface area contributed by atoms with Crippen molar-refractivity contribution in [2.24, 2.45) is 5.92 Å². The van der Waals surface area contributed by atoms with Gasteiger partial charge in [0.1, 0.15) is 0 Å². The highest BCUT2D eigenvalue weighted by Gasteiger charge is 2.45. The first-order chi connectivity index (χ1) is 14.5. The van der Waals surface area contributed by atoms with E-state index in [0.29, 0.717) is 29.2 Å². The van der Waals surface area contributed by atoms with Gasteiger partial charge in [0.15, 0.2) is 0 Å².